The summed E-state index contributed by atoms with van der Waals surface area (Å²) in [5.41, 5.74) is 0.200. The number of nitro benzene ring substituents is 1. The zero-order valence-electron chi connectivity index (χ0n) is 11.6. The molecular formula is C14H16BrNO5. The Morgan fingerprint density at radius 1 is 1.43 bits per heavy atom. The summed E-state index contributed by atoms with van der Waals surface area (Å²) in [6.45, 7) is 0.531. The van der Waals surface area contributed by atoms with Crippen molar-refractivity contribution in [3.05, 3.63) is 40.0 Å². The van der Waals surface area contributed by atoms with Gasteiger partial charge in [0.25, 0.3) is 5.69 Å². The van der Waals surface area contributed by atoms with Gasteiger partial charge in [0, 0.05) is 17.5 Å². The Kier molecular flexibility index (Phi) is 7.45. The molecule has 0 heterocycles. The number of esters is 1. The number of nitrogens with zero attached hydrogens (tertiary/aromatic N) is 1. The van der Waals surface area contributed by atoms with Gasteiger partial charge in [0.15, 0.2) is 0 Å². The fraction of sp³-hybridized carbons (Fsp3) is 0.357. The Balaban J connectivity index is 2.87. The van der Waals surface area contributed by atoms with E-state index in [-0.39, 0.29) is 5.69 Å². The van der Waals surface area contributed by atoms with E-state index in [1.54, 1.807) is 6.07 Å². The van der Waals surface area contributed by atoms with Crippen LogP contribution in [0.15, 0.2) is 24.3 Å². The van der Waals surface area contributed by atoms with Crippen LogP contribution in [-0.4, -0.2) is 29.9 Å². The second kappa shape index (κ2) is 9.12. The molecule has 0 aliphatic rings. The van der Waals surface area contributed by atoms with Crippen LogP contribution in [-0.2, 0) is 9.53 Å². The van der Waals surface area contributed by atoms with Gasteiger partial charge in [-0.2, -0.15) is 0 Å². The first kappa shape index (κ1) is 17.2. The Bertz CT molecular complexity index is 530. The average molecular weight is 358 g/mol. The van der Waals surface area contributed by atoms with E-state index in [1.807, 2.05) is 0 Å². The number of hydrogen-bond donors (Lipinski definition) is 0. The monoisotopic (exact) mass is 357 g/mol. The lowest BCUT2D eigenvalue weighted by Gasteiger charge is -2.06. The minimum Gasteiger partial charge on any atom is -0.494 e. The number of nitro groups is 1. The first-order valence-corrected chi connectivity index (χ1v) is 7.44. The molecule has 21 heavy (non-hydrogen) atoms. The lowest BCUT2D eigenvalue weighted by molar-refractivity contribution is -0.385. The molecule has 0 aliphatic carbocycles. The maximum absolute atomic E-state index is 11.1. The molecule has 0 spiro atoms. The SMILES string of the molecule is COC(=O)C=Cc1cc(OCCCCBr)ccc1[N+](=O)[O-]. The van der Waals surface area contributed by atoms with Gasteiger partial charge in [-0.25, -0.2) is 4.79 Å². The first-order chi connectivity index (χ1) is 10.1. The van der Waals surface area contributed by atoms with Crippen molar-refractivity contribution >= 4 is 33.7 Å². The Morgan fingerprint density at radius 3 is 2.81 bits per heavy atom. The Morgan fingerprint density at radius 2 is 2.19 bits per heavy atom. The number of benzene rings is 1. The van der Waals surface area contributed by atoms with Gasteiger partial charge in [0.2, 0.25) is 0 Å². The quantitative estimate of drug-likeness (QED) is 0.178. The molecule has 0 saturated carbocycles. The van der Waals surface area contributed by atoms with Gasteiger partial charge in [-0.1, -0.05) is 15.9 Å². The van der Waals surface area contributed by atoms with Crippen LogP contribution in [0.1, 0.15) is 18.4 Å². The van der Waals surface area contributed by atoms with Crippen LogP contribution in [0.2, 0.25) is 0 Å². The number of rotatable bonds is 8. The van der Waals surface area contributed by atoms with E-state index >= 15 is 0 Å². The maximum Gasteiger partial charge on any atom is 0.330 e. The molecule has 1 aromatic carbocycles. The van der Waals surface area contributed by atoms with E-state index in [1.165, 1.54) is 25.3 Å². The van der Waals surface area contributed by atoms with Crippen molar-refractivity contribution in [3.63, 3.8) is 0 Å². The second-order valence-electron chi connectivity index (χ2n) is 4.08. The molecule has 0 unspecified atom stereocenters. The van der Waals surface area contributed by atoms with E-state index in [4.69, 9.17) is 4.74 Å². The molecule has 7 heteroatoms. The van der Waals surface area contributed by atoms with E-state index in [2.05, 4.69) is 20.7 Å². The average Bonchev–Trinajstić information content (AvgIpc) is 2.49. The molecule has 0 radical (unpaired) electrons. The number of carbonyl (C=O) groups is 1. The number of ether oxygens (including phenoxy) is 2. The summed E-state index contributed by atoms with van der Waals surface area (Å²) < 4.78 is 9.99. The molecule has 0 saturated heterocycles. The van der Waals surface area contributed by atoms with Crippen LogP contribution in [0.4, 0.5) is 5.69 Å². The molecule has 0 N–H and O–H groups in total. The summed E-state index contributed by atoms with van der Waals surface area (Å²) in [7, 11) is 1.24. The van der Waals surface area contributed by atoms with Crippen molar-refractivity contribution in [3.8, 4) is 5.75 Å². The van der Waals surface area contributed by atoms with Gasteiger partial charge in [0.05, 0.1) is 24.2 Å². The zero-order valence-corrected chi connectivity index (χ0v) is 13.2. The smallest absolute Gasteiger partial charge is 0.330 e. The van der Waals surface area contributed by atoms with E-state index in [0.717, 1.165) is 24.2 Å². The Labute approximate surface area is 131 Å². The molecule has 0 aromatic heterocycles. The van der Waals surface area contributed by atoms with Crippen molar-refractivity contribution in [2.75, 3.05) is 19.0 Å². The number of carbonyl (C=O) groups excluding carboxylic acids is 1. The third-order valence-electron chi connectivity index (χ3n) is 2.59. The van der Waals surface area contributed by atoms with Crippen LogP contribution in [0.5, 0.6) is 5.75 Å². The summed E-state index contributed by atoms with van der Waals surface area (Å²) in [6, 6.07) is 4.43. The summed E-state index contributed by atoms with van der Waals surface area (Å²) in [5.74, 6) is -0.0485. The zero-order chi connectivity index (χ0) is 15.7. The minimum atomic E-state index is -0.576. The predicted molar refractivity (Wildman–Crippen MR) is 82.7 cm³/mol. The lowest BCUT2D eigenvalue weighted by atomic mass is 10.1. The standard InChI is InChI=1S/C14H16BrNO5/c1-20-14(17)7-4-11-10-12(21-9-3-2-8-15)5-6-13(11)16(18)19/h4-7,10H,2-3,8-9H2,1H3. The minimum absolute atomic E-state index is 0.0945. The second-order valence-corrected chi connectivity index (χ2v) is 4.87. The van der Waals surface area contributed by atoms with Crippen molar-refractivity contribution in [1.29, 1.82) is 0 Å². The highest BCUT2D eigenvalue weighted by atomic mass is 79.9. The van der Waals surface area contributed by atoms with Crippen LogP contribution in [0.25, 0.3) is 6.08 Å². The highest BCUT2D eigenvalue weighted by molar-refractivity contribution is 9.09. The van der Waals surface area contributed by atoms with E-state index in [9.17, 15) is 14.9 Å². The molecule has 0 atom stereocenters. The van der Waals surface area contributed by atoms with E-state index < -0.39 is 10.9 Å². The summed E-state index contributed by atoms with van der Waals surface area (Å²) in [4.78, 5) is 21.5. The fourth-order valence-electron chi connectivity index (χ4n) is 1.53. The summed E-state index contributed by atoms with van der Waals surface area (Å²) in [5, 5.41) is 11.9. The fourth-order valence-corrected chi connectivity index (χ4v) is 1.93. The molecule has 1 aromatic rings. The highest BCUT2D eigenvalue weighted by Crippen LogP contribution is 2.25. The lowest BCUT2D eigenvalue weighted by Crippen LogP contribution is -1.99. The number of methoxy groups -OCH3 is 1. The normalized spacial score (nSPS) is 10.6. The van der Waals surface area contributed by atoms with Gasteiger partial charge in [-0.05, 0) is 31.1 Å². The number of alkyl halides is 1. The van der Waals surface area contributed by atoms with Crippen LogP contribution >= 0.6 is 15.9 Å². The highest BCUT2D eigenvalue weighted by Gasteiger charge is 2.13. The van der Waals surface area contributed by atoms with Crippen molar-refractivity contribution in [2.24, 2.45) is 0 Å². The van der Waals surface area contributed by atoms with Crippen LogP contribution < -0.4 is 4.74 Å². The number of halogens is 1. The van der Waals surface area contributed by atoms with Gasteiger partial charge < -0.3 is 9.47 Å². The van der Waals surface area contributed by atoms with Crippen molar-refractivity contribution in [2.45, 2.75) is 12.8 Å². The maximum atomic E-state index is 11.1. The summed E-state index contributed by atoms with van der Waals surface area (Å²) >= 11 is 3.33. The molecule has 0 fully saturated rings. The van der Waals surface area contributed by atoms with Crippen molar-refractivity contribution in [1.82, 2.24) is 0 Å². The van der Waals surface area contributed by atoms with Gasteiger partial charge in [-0.15, -0.1) is 0 Å². The molecule has 1 rings (SSSR count). The van der Waals surface area contributed by atoms with Gasteiger partial charge >= 0.3 is 5.97 Å². The number of unbranched alkanes of at least 4 members (excludes halogenated alkanes) is 1. The largest absolute Gasteiger partial charge is 0.494 e. The summed E-state index contributed by atoms with van der Waals surface area (Å²) in [6.07, 6.45) is 4.35. The van der Waals surface area contributed by atoms with Crippen LogP contribution in [0, 0.1) is 10.1 Å². The third-order valence-corrected chi connectivity index (χ3v) is 3.15. The van der Waals surface area contributed by atoms with Crippen LogP contribution in [0.3, 0.4) is 0 Å². The molecule has 0 bridgehead atoms. The van der Waals surface area contributed by atoms with E-state index in [0.29, 0.717) is 17.9 Å². The predicted octanol–water partition coefficient (Wildman–Crippen LogP) is 3.33. The molecule has 0 amide bonds. The van der Waals surface area contributed by atoms with Gasteiger partial charge in [0.1, 0.15) is 5.75 Å². The molecule has 6 nitrogen and oxygen atoms in total. The Hall–Kier alpha value is -1.89. The number of hydrogen-bond acceptors (Lipinski definition) is 5. The van der Waals surface area contributed by atoms with Gasteiger partial charge in [-0.3, -0.25) is 10.1 Å². The third kappa shape index (κ3) is 5.95. The molecular weight excluding hydrogens is 342 g/mol. The molecule has 0 aliphatic heterocycles. The van der Waals surface area contributed by atoms with Crippen molar-refractivity contribution < 1.29 is 19.2 Å². The topological polar surface area (TPSA) is 78.7 Å². The first-order valence-electron chi connectivity index (χ1n) is 6.31. The molecule has 114 valence electrons.